The minimum absolute atomic E-state index is 0.158. The standard InChI is InChI=1S/C21H24F3NO3/c1-15(2)28-13-18-5-3-16(4-6-18)11-25-20(26)19-9-7-17(8-10-19)12-27-14-21(22,23)24/h3-10,15H,11-14H2,1-2H3,(H,25,26). The van der Waals surface area contributed by atoms with Crippen molar-refractivity contribution in [1.29, 1.82) is 0 Å². The third-order valence-corrected chi connectivity index (χ3v) is 3.81. The molecule has 0 aliphatic rings. The van der Waals surface area contributed by atoms with E-state index in [-0.39, 0.29) is 18.6 Å². The molecule has 0 radical (unpaired) electrons. The summed E-state index contributed by atoms with van der Waals surface area (Å²) in [5, 5.41) is 2.82. The first kappa shape index (κ1) is 21.9. The minimum atomic E-state index is -4.35. The van der Waals surface area contributed by atoms with Crippen LogP contribution in [0.25, 0.3) is 0 Å². The molecule has 0 saturated carbocycles. The van der Waals surface area contributed by atoms with Crippen LogP contribution in [0.15, 0.2) is 48.5 Å². The molecule has 0 aliphatic heterocycles. The zero-order chi connectivity index (χ0) is 20.6. The van der Waals surface area contributed by atoms with Gasteiger partial charge in [-0.25, -0.2) is 0 Å². The van der Waals surface area contributed by atoms with E-state index in [0.29, 0.717) is 24.3 Å². The Bertz CT molecular complexity index is 741. The van der Waals surface area contributed by atoms with Gasteiger partial charge in [0, 0.05) is 12.1 Å². The molecule has 2 rings (SSSR count). The Kier molecular flexibility index (Phi) is 8.02. The highest BCUT2D eigenvalue weighted by Crippen LogP contribution is 2.16. The molecule has 0 saturated heterocycles. The van der Waals surface area contributed by atoms with Crippen LogP contribution in [0, 0.1) is 0 Å². The van der Waals surface area contributed by atoms with Gasteiger partial charge in [0.2, 0.25) is 0 Å². The average molecular weight is 395 g/mol. The second-order valence-corrected chi connectivity index (χ2v) is 6.66. The van der Waals surface area contributed by atoms with Crippen molar-refractivity contribution in [3.05, 3.63) is 70.8 Å². The van der Waals surface area contributed by atoms with E-state index >= 15 is 0 Å². The first-order valence-electron chi connectivity index (χ1n) is 8.94. The van der Waals surface area contributed by atoms with Crippen molar-refractivity contribution in [1.82, 2.24) is 5.32 Å². The normalized spacial score (nSPS) is 11.6. The van der Waals surface area contributed by atoms with E-state index in [2.05, 4.69) is 10.1 Å². The highest BCUT2D eigenvalue weighted by atomic mass is 19.4. The van der Waals surface area contributed by atoms with E-state index in [1.54, 1.807) is 24.3 Å². The van der Waals surface area contributed by atoms with Gasteiger partial charge in [0.1, 0.15) is 6.61 Å². The Hall–Kier alpha value is -2.38. The molecule has 0 atom stereocenters. The molecule has 0 aromatic heterocycles. The fourth-order valence-corrected chi connectivity index (χ4v) is 2.34. The molecule has 0 unspecified atom stereocenters. The monoisotopic (exact) mass is 395 g/mol. The molecule has 0 aliphatic carbocycles. The maximum Gasteiger partial charge on any atom is 0.411 e. The van der Waals surface area contributed by atoms with E-state index in [1.165, 1.54) is 0 Å². The Morgan fingerprint density at radius 3 is 2.04 bits per heavy atom. The Labute approximate surface area is 162 Å². The topological polar surface area (TPSA) is 47.6 Å². The van der Waals surface area contributed by atoms with Crippen LogP contribution in [0.5, 0.6) is 0 Å². The number of halogens is 3. The fourth-order valence-electron chi connectivity index (χ4n) is 2.34. The van der Waals surface area contributed by atoms with Crippen LogP contribution >= 0.6 is 0 Å². The quantitative estimate of drug-likeness (QED) is 0.674. The van der Waals surface area contributed by atoms with Crippen LogP contribution in [0.3, 0.4) is 0 Å². The number of hydrogen-bond acceptors (Lipinski definition) is 3. The number of carbonyl (C=O) groups is 1. The second kappa shape index (κ2) is 10.2. The SMILES string of the molecule is CC(C)OCc1ccc(CNC(=O)c2ccc(COCC(F)(F)F)cc2)cc1. The number of rotatable bonds is 9. The summed E-state index contributed by atoms with van der Waals surface area (Å²) in [6.07, 6.45) is -4.18. The first-order valence-corrected chi connectivity index (χ1v) is 8.94. The Morgan fingerprint density at radius 1 is 0.929 bits per heavy atom. The molecular weight excluding hydrogens is 371 g/mol. The van der Waals surface area contributed by atoms with Gasteiger partial charge in [-0.1, -0.05) is 36.4 Å². The lowest BCUT2D eigenvalue weighted by atomic mass is 10.1. The molecule has 1 amide bonds. The van der Waals surface area contributed by atoms with Crippen molar-refractivity contribution >= 4 is 5.91 Å². The molecule has 2 aromatic rings. The lowest BCUT2D eigenvalue weighted by Crippen LogP contribution is -2.22. The summed E-state index contributed by atoms with van der Waals surface area (Å²) < 4.78 is 46.3. The number of ether oxygens (including phenoxy) is 2. The highest BCUT2D eigenvalue weighted by Gasteiger charge is 2.27. The summed E-state index contributed by atoms with van der Waals surface area (Å²) in [6.45, 7) is 3.42. The van der Waals surface area contributed by atoms with E-state index in [0.717, 1.165) is 11.1 Å². The number of benzene rings is 2. The van der Waals surface area contributed by atoms with E-state index < -0.39 is 12.8 Å². The average Bonchev–Trinajstić information content (AvgIpc) is 2.65. The van der Waals surface area contributed by atoms with Crippen LogP contribution in [-0.4, -0.2) is 24.8 Å². The van der Waals surface area contributed by atoms with Crippen LogP contribution in [0.2, 0.25) is 0 Å². The molecule has 1 N–H and O–H groups in total. The molecule has 2 aromatic carbocycles. The third-order valence-electron chi connectivity index (χ3n) is 3.81. The highest BCUT2D eigenvalue weighted by molar-refractivity contribution is 5.94. The van der Waals surface area contributed by atoms with Crippen molar-refractivity contribution in [2.75, 3.05) is 6.61 Å². The maximum atomic E-state index is 12.2. The number of alkyl halides is 3. The predicted molar refractivity (Wildman–Crippen MR) is 99.7 cm³/mol. The minimum Gasteiger partial charge on any atom is -0.374 e. The molecule has 28 heavy (non-hydrogen) atoms. The van der Waals surface area contributed by atoms with Gasteiger partial charge in [0.25, 0.3) is 5.91 Å². The summed E-state index contributed by atoms with van der Waals surface area (Å²) in [5.41, 5.74) is 3.02. The number of hydrogen-bond donors (Lipinski definition) is 1. The van der Waals surface area contributed by atoms with E-state index in [4.69, 9.17) is 4.74 Å². The lowest BCUT2D eigenvalue weighted by molar-refractivity contribution is -0.176. The van der Waals surface area contributed by atoms with Crippen molar-refractivity contribution < 1.29 is 27.4 Å². The van der Waals surface area contributed by atoms with Gasteiger partial charge in [-0.3, -0.25) is 4.79 Å². The van der Waals surface area contributed by atoms with Gasteiger partial charge >= 0.3 is 6.18 Å². The number of nitrogens with one attached hydrogen (secondary N) is 1. The summed E-state index contributed by atoms with van der Waals surface area (Å²) in [6, 6.07) is 14.1. The molecule has 0 spiro atoms. The number of amides is 1. The zero-order valence-electron chi connectivity index (χ0n) is 15.9. The zero-order valence-corrected chi connectivity index (χ0v) is 15.9. The lowest BCUT2D eigenvalue weighted by Gasteiger charge is -2.10. The van der Waals surface area contributed by atoms with Gasteiger partial charge < -0.3 is 14.8 Å². The van der Waals surface area contributed by atoms with Crippen LogP contribution in [0.4, 0.5) is 13.2 Å². The van der Waals surface area contributed by atoms with Crippen molar-refractivity contribution in [2.24, 2.45) is 0 Å². The summed E-state index contributed by atoms with van der Waals surface area (Å²) in [5.74, 6) is -0.255. The molecular formula is C21H24F3NO3. The Morgan fingerprint density at radius 2 is 1.46 bits per heavy atom. The smallest absolute Gasteiger partial charge is 0.374 e. The van der Waals surface area contributed by atoms with Crippen molar-refractivity contribution in [3.63, 3.8) is 0 Å². The van der Waals surface area contributed by atoms with Crippen molar-refractivity contribution in [3.8, 4) is 0 Å². The largest absolute Gasteiger partial charge is 0.411 e. The second-order valence-electron chi connectivity index (χ2n) is 6.66. The van der Waals surface area contributed by atoms with Crippen molar-refractivity contribution in [2.45, 2.75) is 45.9 Å². The maximum absolute atomic E-state index is 12.2. The number of carbonyl (C=O) groups excluding carboxylic acids is 1. The molecule has 0 fully saturated rings. The molecule has 0 heterocycles. The van der Waals surface area contributed by atoms with Crippen LogP contribution < -0.4 is 5.32 Å². The summed E-state index contributed by atoms with van der Waals surface area (Å²) in [4.78, 5) is 12.2. The van der Waals surface area contributed by atoms with E-state index in [1.807, 2.05) is 38.1 Å². The molecule has 152 valence electrons. The Balaban J connectivity index is 1.79. The molecule has 0 bridgehead atoms. The van der Waals surface area contributed by atoms with Gasteiger partial charge in [-0.15, -0.1) is 0 Å². The predicted octanol–water partition coefficient (Wildman–Crippen LogP) is 4.62. The molecule has 4 nitrogen and oxygen atoms in total. The van der Waals surface area contributed by atoms with Gasteiger partial charge in [0.15, 0.2) is 0 Å². The van der Waals surface area contributed by atoms with Crippen LogP contribution in [0.1, 0.15) is 40.9 Å². The fraction of sp³-hybridized carbons (Fsp3) is 0.381. The van der Waals surface area contributed by atoms with E-state index in [9.17, 15) is 18.0 Å². The summed E-state index contributed by atoms with van der Waals surface area (Å²) >= 11 is 0. The summed E-state index contributed by atoms with van der Waals surface area (Å²) in [7, 11) is 0. The first-order chi connectivity index (χ1) is 13.2. The van der Waals surface area contributed by atoms with Gasteiger partial charge in [-0.05, 0) is 42.7 Å². The van der Waals surface area contributed by atoms with Crippen LogP contribution in [-0.2, 0) is 29.2 Å². The van der Waals surface area contributed by atoms with Gasteiger partial charge in [-0.2, -0.15) is 13.2 Å². The third kappa shape index (κ3) is 8.10. The molecule has 7 heteroatoms. The van der Waals surface area contributed by atoms with Gasteiger partial charge in [0.05, 0.1) is 19.3 Å².